The predicted octanol–water partition coefficient (Wildman–Crippen LogP) is 1.91. The molecule has 5 nitrogen and oxygen atoms in total. The minimum Gasteiger partial charge on any atom is -0.545 e. The van der Waals surface area contributed by atoms with Crippen molar-refractivity contribution in [2.45, 2.75) is 0 Å². The van der Waals surface area contributed by atoms with E-state index in [1.165, 1.54) is 6.20 Å². The average molecular weight is 298 g/mol. The number of ether oxygens (including phenoxy) is 2. The number of carbonyl (C=O) groups excluding carboxylic acids is 1. The Morgan fingerprint density at radius 1 is 1.05 bits per heavy atom. The topological polar surface area (TPSA) is 70.6 Å². The van der Waals surface area contributed by atoms with Gasteiger partial charge >= 0.3 is 0 Å². The Labute approximate surface area is 128 Å². The van der Waals surface area contributed by atoms with Crippen molar-refractivity contribution in [3.8, 4) is 11.5 Å². The van der Waals surface area contributed by atoms with Crippen molar-refractivity contribution in [1.82, 2.24) is 0 Å². The first-order valence-electron chi connectivity index (χ1n) is 6.61. The van der Waals surface area contributed by atoms with Gasteiger partial charge in [0.05, 0.1) is 25.9 Å². The van der Waals surface area contributed by atoms with E-state index in [1.807, 2.05) is 12.1 Å². The van der Waals surface area contributed by atoms with Crippen LogP contribution in [-0.2, 0) is 4.79 Å². The highest BCUT2D eigenvalue weighted by atomic mass is 16.5. The second-order valence-corrected chi connectivity index (χ2v) is 4.42. The normalized spacial score (nSPS) is 10.9. The number of carbonyl (C=O) groups is 1. The molecule has 0 aliphatic rings. The van der Waals surface area contributed by atoms with Gasteiger partial charge in [-0.05, 0) is 29.8 Å². The molecule has 0 atom stereocenters. The molecule has 0 saturated heterocycles. The Kier molecular flexibility index (Phi) is 5.03. The van der Waals surface area contributed by atoms with E-state index >= 15 is 0 Å². The van der Waals surface area contributed by atoms with Gasteiger partial charge in [0, 0.05) is 11.8 Å². The van der Waals surface area contributed by atoms with Crippen LogP contribution in [0.3, 0.4) is 0 Å². The number of hydrogen-bond donors (Lipinski definition) is 1. The molecule has 0 fully saturated rings. The van der Waals surface area contributed by atoms with Crippen LogP contribution in [0, 0.1) is 0 Å². The first-order valence-corrected chi connectivity index (χ1v) is 6.61. The molecule has 1 N–H and O–H groups in total. The molecular weight excluding hydrogens is 282 g/mol. The van der Waals surface area contributed by atoms with E-state index in [4.69, 9.17) is 9.47 Å². The Hall–Kier alpha value is -2.95. The van der Waals surface area contributed by atoms with Crippen LogP contribution in [0.5, 0.6) is 11.5 Å². The number of benzene rings is 2. The molecule has 114 valence electrons. The number of carboxylic acids is 1. The lowest BCUT2D eigenvalue weighted by Gasteiger charge is -2.12. The molecule has 0 spiro atoms. The Morgan fingerprint density at radius 2 is 1.73 bits per heavy atom. The van der Waals surface area contributed by atoms with Gasteiger partial charge in [0.25, 0.3) is 0 Å². The molecule has 2 aromatic carbocycles. The third kappa shape index (κ3) is 3.58. The molecule has 0 amide bonds. The highest BCUT2D eigenvalue weighted by Crippen LogP contribution is 2.24. The average Bonchev–Trinajstić information content (AvgIpc) is 2.55. The molecule has 0 bridgehead atoms. The number of hydrogen-bond acceptors (Lipinski definition) is 5. The molecule has 0 saturated carbocycles. The summed E-state index contributed by atoms with van der Waals surface area (Å²) < 4.78 is 10.3. The van der Waals surface area contributed by atoms with E-state index in [1.54, 1.807) is 50.6 Å². The summed E-state index contributed by atoms with van der Waals surface area (Å²) in [7, 11) is 3.10. The smallest absolute Gasteiger partial charge is 0.142 e. The first kappa shape index (κ1) is 15.4. The fourth-order valence-corrected chi connectivity index (χ4v) is 1.94. The summed E-state index contributed by atoms with van der Waals surface area (Å²) in [6, 6.07) is 13.9. The van der Waals surface area contributed by atoms with Gasteiger partial charge < -0.3 is 24.7 Å². The van der Waals surface area contributed by atoms with Crippen LogP contribution in [0.15, 0.2) is 54.7 Å². The number of para-hydroxylation sites is 2. The summed E-state index contributed by atoms with van der Waals surface area (Å²) >= 11 is 0. The van der Waals surface area contributed by atoms with Crippen LogP contribution in [-0.4, -0.2) is 20.2 Å². The SMILES string of the molecule is COc1ccc(/C(=C/Nc2ccccc2OC)C(=O)[O-])cc1. The van der Waals surface area contributed by atoms with Gasteiger partial charge in [0.15, 0.2) is 0 Å². The maximum absolute atomic E-state index is 11.3. The number of nitrogens with one attached hydrogen (secondary N) is 1. The molecule has 0 radical (unpaired) electrons. The summed E-state index contributed by atoms with van der Waals surface area (Å²) in [5.41, 5.74) is 1.22. The summed E-state index contributed by atoms with van der Waals surface area (Å²) in [6.45, 7) is 0. The molecule has 0 aliphatic heterocycles. The van der Waals surface area contributed by atoms with Gasteiger partial charge in [0.1, 0.15) is 11.5 Å². The minimum atomic E-state index is -1.27. The molecule has 5 heteroatoms. The van der Waals surface area contributed by atoms with E-state index in [2.05, 4.69) is 5.32 Å². The lowest BCUT2D eigenvalue weighted by Crippen LogP contribution is -2.24. The van der Waals surface area contributed by atoms with E-state index in [0.717, 1.165) is 0 Å². The summed E-state index contributed by atoms with van der Waals surface area (Å²) in [4.78, 5) is 11.3. The highest BCUT2D eigenvalue weighted by molar-refractivity contribution is 6.14. The van der Waals surface area contributed by atoms with Crippen molar-refractivity contribution in [1.29, 1.82) is 0 Å². The molecule has 2 rings (SSSR count). The maximum atomic E-state index is 11.3. The van der Waals surface area contributed by atoms with Gasteiger partial charge in [-0.15, -0.1) is 0 Å². The van der Waals surface area contributed by atoms with Crippen molar-refractivity contribution in [3.63, 3.8) is 0 Å². The van der Waals surface area contributed by atoms with Crippen LogP contribution in [0.2, 0.25) is 0 Å². The number of rotatable bonds is 6. The molecule has 22 heavy (non-hydrogen) atoms. The van der Waals surface area contributed by atoms with Gasteiger partial charge in [-0.25, -0.2) is 0 Å². The zero-order valence-electron chi connectivity index (χ0n) is 12.3. The summed E-state index contributed by atoms with van der Waals surface area (Å²) in [5, 5.41) is 14.3. The van der Waals surface area contributed by atoms with Crippen LogP contribution >= 0.6 is 0 Å². The van der Waals surface area contributed by atoms with E-state index < -0.39 is 5.97 Å². The number of aliphatic carboxylic acids is 1. The summed E-state index contributed by atoms with van der Waals surface area (Å²) in [6.07, 6.45) is 1.38. The minimum absolute atomic E-state index is 0.0357. The van der Waals surface area contributed by atoms with Gasteiger partial charge in [-0.1, -0.05) is 24.3 Å². The fraction of sp³-hybridized carbons (Fsp3) is 0.118. The molecule has 0 aliphatic carbocycles. The lowest BCUT2D eigenvalue weighted by atomic mass is 10.1. The number of carboxylic acid groups (broad SMARTS) is 1. The second kappa shape index (κ2) is 7.17. The molecule has 0 aromatic heterocycles. The Balaban J connectivity index is 2.29. The number of methoxy groups -OCH3 is 2. The van der Waals surface area contributed by atoms with Gasteiger partial charge in [-0.2, -0.15) is 0 Å². The fourth-order valence-electron chi connectivity index (χ4n) is 1.94. The third-order valence-corrected chi connectivity index (χ3v) is 3.10. The van der Waals surface area contributed by atoms with Gasteiger partial charge in [0.2, 0.25) is 0 Å². The van der Waals surface area contributed by atoms with Gasteiger partial charge in [-0.3, -0.25) is 0 Å². The number of anilines is 1. The van der Waals surface area contributed by atoms with Crippen molar-refractivity contribution in [2.24, 2.45) is 0 Å². The molecular formula is C17H16NO4-. The first-order chi connectivity index (χ1) is 10.7. The van der Waals surface area contributed by atoms with Crippen LogP contribution < -0.4 is 19.9 Å². The predicted molar refractivity (Wildman–Crippen MR) is 82.6 cm³/mol. The zero-order chi connectivity index (χ0) is 15.9. The molecule has 2 aromatic rings. The van der Waals surface area contributed by atoms with E-state index in [9.17, 15) is 9.90 Å². The molecule has 0 unspecified atom stereocenters. The Morgan fingerprint density at radius 3 is 2.32 bits per heavy atom. The highest BCUT2D eigenvalue weighted by Gasteiger charge is 2.05. The Bertz CT molecular complexity index is 677. The van der Waals surface area contributed by atoms with Crippen LogP contribution in [0.25, 0.3) is 5.57 Å². The van der Waals surface area contributed by atoms with Crippen molar-refractivity contribution >= 4 is 17.2 Å². The van der Waals surface area contributed by atoms with Crippen LogP contribution in [0.1, 0.15) is 5.56 Å². The largest absolute Gasteiger partial charge is 0.545 e. The van der Waals surface area contributed by atoms with Crippen molar-refractivity contribution < 1.29 is 19.4 Å². The standard InChI is InChI=1S/C17H17NO4/c1-21-13-9-7-12(8-10-13)14(17(19)20)11-18-15-5-3-4-6-16(15)22-2/h3-11,18H,1-2H3,(H,19,20)/p-1/b14-11-. The van der Waals surface area contributed by atoms with E-state index in [-0.39, 0.29) is 5.57 Å². The third-order valence-electron chi connectivity index (χ3n) is 3.10. The molecule has 0 heterocycles. The maximum Gasteiger partial charge on any atom is 0.142 e. The van der Waals surface area contributed by atoms with Crippen molar-refractivity contribution in [2.75, 3.05) is 19.5 Å². The van der Waals surface area contributed by atoms with Crippen molar-refractivity contribution in [3.05, 3.63) is 60.3 Å². The monoisotopic (exact) mass is 298 g/mol. The lowest BCUT2D eigenvalue weighted by molar-refractivity contribution is -0.295. The van der Waals surface area contributed by atoms with E-state index in [0.29, 0.717) is 22.7 Å². The zero-order valence-corrected chi connectivity index (χ0v) is 12.3. The van der Waals surface area contributed by atoms with Crippen LogP contribution in [0.4, 0.5) is 5.69 Å². The summed E-state index contributed by atoms with van der Waals surface area (Å²) in [5.74, 6) is -0.00196. The quantitative estimate of drug-likeness (QED) is 0.825. The second-order valence-electron chi connectivity index (χ2n) is 4.42.